The Hall–Kier alpha value is -5.31. The van der Waals surface area contributed by atoms with E-state index in [1.807, 2.05) is 0 Å². The molecular formula is C26H23N7O7S. The van der Waals surface area contributed by atoms with Gasteiger partial charge in [0.25, 0.3) is 15.9 Å². The van der Waals surface area contributed by atoms with E-state index in [9.17, 15) is 8.42 Å². The van der Waals surface area contributed by atoms with Gasteiger partial charge in [-0.15, -0.1) is 0 Å². The number of aryl methyl sites for hydroxylation is 1. The molecule has 0 fully saturated rings. The van der Waals surface area contributed by atoms with Crippen molar-refractivity contribution in [3.05, 3.63) is 66.5 Å². The second kappa shape index (κ2) is 11.4. The number of methoxy groups -OCH3 is 3. The summed E-state index contributed by atoms with van der Waals surface area (Å²) in [7, 11) is 0.0247. The van der Waals surface area contributed by atoms with Crippen molar-refractivity contribution >= 4 is 15.8 Å². The molecule has 15 heteroatoms. The van der Waals surface area contributed by atoms with Gasteiger partial charge in [-0.05, 0) is 42.8 Å². The molecule has 0 radical (unpaired) electrons. The summed E-state index contributed by atoms with van der Waals surface area (Å²) in [5, 5.41) is 3.62. The highest BCUT2D eigenvalue weighted by Crippen LogP contribution is 2.41. The molecule has 1 aromatic carbocycles. The van der Waals surface area contributed by atoms with E-state index < -0.39 is 10.0 Å². The Bertz CT molecular complexity index is 1790. The SMILES string of the molecule is COc1nc(-c2cc(-c3nc(NS(=O)(=O)c4ccc(C)cn4)c(Oc4ccccc4OC)c(OC)n3)ccn2)no1. The van der Waals surface area contributed by atoms with Crippen LogP contribution in [0.4, 0.5) is 5.82 Å². The Labute approximate surface area is 234 Å². The fraction of sp³-hybridized carbons (Fsp3) is 0.154. The molecule has 0 aliphatic heterocycles. The monoisotopic (exact) mass is 577 g/mol. The van der Waals surface area contributed by atoms with Gasteiger partial charge < -0.3 is 18.9 Å². The highest BCUT2D eigenvalue weighted by atomic mass is 32.2. The van der Waals surface area contributed by atoms with Crippen molar-refractivity contribution in [3.8, 4) is 52.1 Å². The fourth-order valence-electron chi connectivity index (χ4n) is 3.55. The minimum Gasteiger partial charge on any atom is -0.493 e. The van der Waals surface area contributed by atoms with Gasteiger partial charge in [-0.3, -0.25) is 14.2 Å². The molecule has 0 aliphatic carbocycles. The summed E-state index contributed by atoms with van der Waals surface area (Å²) in [6.07, 6.45) is 2.89. The first-order valence-electron chi connectivity index (χ1n) is 11.9. The molecule has 4 aromatic heterocycles. The van der Waals surface area contributed by atoms with Gasteiger partial charge in [0, 0.05) is 18.0 Å². The molecule has 0 bridgehead atoms. The van der Waals surface area contributed by atoms with E-state index in [-0.39, 0.29) is 45.9 Å². The largest absolute Gasteiger partial charge is 0.493 e. The van der Waals surface area contributed by atoms with E-state index in [0.717, 1.165) is 5.56 Å². The number of nitrogens with zero attached hydrogens (tertiary/aromatic N) is 6. The number of anilines is 1. The van der Waals surface area contributed by atoms with Crippen LogP contribution < -0.4 is 23.7 Å². The quantitative estimate of drug-likeness (QED) is 0.253. The van der Waals surface area contributed by atoms with E-state index in [2.05, 4.69) is 34.8 Å². The van der Waals surface area contributed by atoms with Gasteiger partial charge in [0.15, 0.2) is 28.2 Å². The Balaban J connectivity index is 1.63. The van der Waals surface area contributed by atoms with Crippen LogP contribution in [0.3, 0.4) is 0 Å². The second-order valence-electron chi connectivity index (χ2n) is 8.28. The molecule has 0 aliphatic rings. The van der Waals surface area contributed by atoms with Gasteiger partial charge in [0.1, 0.15) is 5.69 Å². The number of sulfonamides is 1. The molecule has 5 aromatic rings. The number of ether oxygens (including phenoxy) is 4. The Morgan fingerprint density at radius 1 is 0.854 bits per heavy atom. The van der Waals surface area contributed by atoms with Crippen LogP contribution in [0.25, 0.3) is 22.9 Å². The van der Waals surface area contributed by atoms with Crippen LogP contribution in [-0.4, -0.2) is 59.8 Å². The molecule has 0 spiro atoms. The highest BCUT2D eigenvalue weighted by molar-refractivity contribution is 7.92. The van der Waals surface area contributed by atoms with Crippen molar-refractivity contribution in [2.45, 2.75) is 11.9 Å². The molecule has 0 saturated carbocycles. The average Bonchev–Trinajstić information content (AvgIpc) is 3.48. The Kier molecular flexibility index (Phi) is 7.60. The van der Waals surface area contributed by atoms with Crippen LogP contribution in [0.15, 0.2) is 70.5 Å². The predicted octanol–water partition coefficient (Wildman–Crippen LogP) is 3.91. The summed E-state index contributed by atoms with van der Waals surface area (Å²) in [4.78, 5) is 21.4. The molecule has 210 valence electrons. The standard InChI is InChI=1S/C26H23N7O7S/c1-15-9-10-20(28-14-15)41(34,35)33-24-21(39-19-8-6-5-7-18(19)36-2)25(37-3)30-22(29-24)16-11-12-27-17(13-16)23-31-26(38-4)40-32-23/h5-14H,1-4H3,(H,29,30,33). The number of aromatic nitrogens is 6. The van der Waals surface area contributed by atoms with Crippen molar-refractivity contribution in [2.75, 3.05) is 26.1 Å². The molecule has 0 unspecified atom stereocenters. The Morgan fingerprint density at radius 2 is 1.66 bits per heavy atom. The van der Waals surface area contributed by atoms with Gasteiger partial charge in [-0.2, -0.15) is 18.4 Å². The zero-order valence-corrected chi connectivity index (χ0v) is 23.0. The van der Waals surface area contributed by atoms with Crippen molar-refractivity contribution in [1.29, 1.82) is 0 Å². The molecule has 0 atom stereocenters. The summed E-state index contributed by atoms with van der Waals surface area (Å²) in [5.41, 5.74) is 1.56. The van der Waals surface area contributed by atoms with Gasteiger partial charge in [-0.25, -0.2) is 9.97 Å². The number of rotatable bonds is 10. The third kappa shape index (κ3) is 5.84. The van der Waals surface area contributed by atoms with Gasteiger partial charge in [-0.1, -0.05) is 23.4 Å². The van der Waals surface area contributed by atoms with E-state index in [1.54, 1.807) is 49.4 Å². The summed E-state index contributed by atoms with van der Waals surface area (Å²) >= 11 is 0. The number of pyridine rings is 2. The first-order chi connectivity index (χ1) is 19.8. The van der Waals surface area contributed by atoms with Crippen molar-refractivity contribution in [2.24, 2.45) is 0 Å². The van der Waals surface area contributed by atoms with Crippen LogP contribution in [0.5, 0.6) is 29.2 Å². The normalized spacial score (nSPS) is 11.1. The van der Waals surface area contributed by atoms with E-state index in [4.69, 9.17) is 23.5 Å². The summed E-state index contributed by atoms with van der Waals surface area (Å²) in [6.45, 7) is 1.80. The van der Waals surface area contributed by atoms with Gasteiger partial charge >= 0.3 is 6.08 Å². The van der Waals surface area contributed by atoms with Crippen LogP contribution in [0.1, 0.15) is 5.56 Å². The lowest BCUT2D eigenvalue weighted by Crippen LogP contribution is -2.17. The number of benzene rings is 1. The van der Waals surface area contributed by atoms with Gasteiger partial charge in [0.05, 0.1) is 21.3 Å². The second-order valence-corrected chi connectivity index (χ2v) is 9.91. The van der Waals surface area contributed by atoms with Crippen LogP contribution in [0, 0.1) is 6.92 Å². The maximum Gasteiger partial charge on any atom is 0.417 e. The lowest BCUT2D eigenvalue weighted by molar-refractivity contribution is 0.250. The molecule has 1 N–H and O–H groups in total. The molecule has 0 saturated heterocycles. The zero-order valence-electron chi connectivity index (χ0n) is 22.2. The maximum absolute atomic E-state index is 13.4. The van der Waals surface area contributed by atoms with Crippen LogP contribution in [-0.2, 0) is 10.0 Å². The number of nitrogens with one attached hydrogen (secondary N) is 1. The van der Waals surface area contributed by atoms with E-state index in [0.29, 0.717) is 17.0 Å². The first-order valence-corrected chi connectivity index (χ1v) is 13.4. The summed E-state index contributed by atoms with van der Waals surface area (Å²) < 4.78 is 56.1. The molecule has 41 heavy (non-hydrogen) atoms. The smallest absolute Gasteiger partial charge is 0.417 e. The number of hydrogen-bond donors (Lipinski definition) is 1. The predicted molar refractivity (Wildman–Crippen MR) is 145 cm³/mol. The Morgan fingerprint density at radius 3 is 2.34 bits per heavy atom. The molecule has 5 rings (SSSR count). The lowest BCUT2D eigenvalue weighted by atomic mass is 10.2. The first kappa shape index (κ1) is 27.3. The van der Waals surface area contributed by atoms with Gasteiger partial charge in [0.2, 0.25) is 11.6 Å². The summed E-state index contributed by atoms with van der Waals surface area (Å²) in [6, 6.07) is 13.0. The van der Waals surface area contributed by atoms with Crippen molar-refractivity contribution in [3.63, 3.8) is 0 Å². The van der Waals surface area contributed by atoms with E-state index in [1.165, 1.54) is 39.8 Å². The minimum absolute atomic E-state index is 0.0376. The third-order valence-corrected chi connectivity index (χ3v) is 6.78. The zero-order chi connectivity index (χ0) is 29.0. The topological polar surface area (TPSA) is 174 Å². The molecule has 0 amide bonds. The highest BCUT2D eigenvalue weighted by Gasteiger charge is 2.26. The summed E-state index contributed by atoms with van der Waals surface area (Å²) in [5.74, 6) is 0.544. The number of para-hydroxylation sites is 2. The fourth-order valence-corrected chi connectivity index (χ4v) is 4.49. The van der Waals surface area contributed by atoms with E-state index >= 15 is 0 Å². The van der Waals surface area contributed by atoms with Crippen molar-refractivity contribution < 1.29 is 31.9 Å². The molecular weight excluding hydrogens is 554 g/mol. The lowest BCUT2D eigenvalue weighted by Gasteiger charge is -2.17. The molecule has 14 nitrogen and oxygen atoms in total. The van der Waals surface area contributed by atoms with Crippen LogP contribution >= 0.6 is 0 Å². The minimum atomic E-state index is -4.21. The van der Waals surface area contributed by atoms with Crippen molar-refractivity contribution in [1.82, 2.24) is 30.1 Å². The number of hydrogen-bond acceptors (Lipinski definition) is 13. The maximum atomic E-state index is 13.4. The third-order valence-electron chi connectivity index (χ3n) is 5.53. The van der Waals surface area contributed by atoms with Crippen LogP contribution in [0.2, 0.25) is 0 Å². The average molecular weight is 578 g/mol. The molecule has 4 heterocycles.